The minimum absolute atomic E-state index is 0. The van der Waals surface area contributed by atoms with Gasteiger partial charge in [-0.2, -0.15) is 0 Å². The quantitative estimate of drug-likeness (QED) is 0.167. The van der Waals surface area contributed by atoms with Crippen LogP contribution in [0.1, 0.15) is 62.0 Å². The molecule has 5 rings (SSSR count). The first-order valence-electron chi connectivity index (χ1n) is 13.3. The van der Waals surface area contributed by atoms with Gasteiger partial charge < -0.3 is 10.1 Å². The summed E-state index contributed by atoms with van der Waals surface area (Å²) < 4.78 is 2.19. The maximum atomic E-state index is 10.8. The Labute approximate surface area is 246 Å². The van der Waals surface area contributed by atoms with E-state index in [1.54, 1.807) is 6.07 Å². The molecule has 0 bridgehead atoms. The molecule has 2 heterocycles. The summed E-state index contributed by atoms with van der Waals surface area (Å²) >= 11 is 0. The number of para-hydroxylation sites is 2. The van der Waals surface area contributed by atoms with Crippen LogP contribution >= 0.6 is 0 Å². The number of nitrogens with zero attached hydrogens (tertiary/aromatic N) is 3. The minimum Gasteiger partial charge on any atom is -0.507 e. The van der Waals surface area contributed by atoms with Gasteiger partial charge in [-0.25, -0.2) is 4.98 Å². The molecule has 0 saturated carbocycles. The second kappa shape index (κ2) is 12.6. The zero-order chi connectivity index (χ0) is 26.6. The molecule has 39 heavy (non-hydrogen) atoms. The first kappa shape index (κ1) is 28.5. The van der Waals surface area contributed by atoms with Crippen molar-refractivity contribution in [3.05, 3.63) is 120 Å². The van der Waals surface area contributed by atoms with Crippen LogP contribution in [0.3, 0.4) is 0 Å². The van der Waals surface area contributed by atoms with Crippen molar-refractivity contribution in [3.8, 4) is 34.1 Å². The molecule has 0 amide bonds. The molecule has 0 radical (unpaired) electrons. The third kappa shape index (κ3) is 6.23. The predicted molar refractivity (Wildman–Crippen MR) is 155 cm³/mol. The molecule has 4 nitrogen and oxygen atoms in total. The van der Waals surface area contributed by atoms with E-state index in [1.165, 1.54) is 11.1 Å². The van der Waals surface area contributed by atoms with Crippen LogP contribution in [0.5, 0.6) is 5.75 Å². The Morgan fingerprint density at radius 3 is 2.08 bits per heavy atom. The van der Waals surface area contributed by atoms with Crippen molar-refractivity contribution < 1.29 is 26.2 Å². The van der Waals surface area contributed by atoms with Crippen molar-refractivity contribution >= 4 is 0 Å². The zero-order valence-electron chi connectivity index (χ0n) is 22.8. The van der Waals surface area contributed by atoms with Gasteiger partial charge in [0.15, 0.2) is 0 Å². The number of hydrogen-bond donors (Lipinski definition) is 1. The molecule has 5 heteroatoms. The van der Waals surface area contributed by atoms with Crippen LogP contribution in [-0.2, 0) is 33.9 Å². The summed E-state index contributed by atoms with van der Waals surface area (Å²) in [6.07, 6.45) is 3.65. The van der Waals surface area contributed by atoms with Gasteiger partial charge in [-0.3, -0.25) is 4.57 Å². The maximum absolute atomic E-state index is 10.8. The fourth-order valence-corrected chi connectivity index (χ4v) is 4.94. The second-order valence-corrected chi connectivity index (χ2v) is 10.3. The molecule has 0 aliphatic carbocycles. The molecule has 3 aromatic carbocycles. The topological polar surface area (TPSA) is 50.9 Å². The van der Waals surface area contributed by atoms with E-state index < -0.39 is 0 Å². The molecular weight excluding hydrogens is 661 g/mol. The summed E-state index contributed by atoms with van der Waals surface area (Å²) in [6, 6.07) is 31.3. The van der Waals surface area contributed by atoms with Gasteiger partial charge in [-0.15, -0.1) is 35.9 Å². The zero-order valence-corrected chi connectivity index (χ0v) is 25.1. The predicted octanol–water partition coefficient (Wildman–Crippen LogP) is 8.14. The molecule has 0 spiro atoms. The van der Waals surface area contributed by atoms with E-state index in [4.69, 9.17) is 9.97 Å². The van der Waals surface area contributed by atoms with Gasteiger partial charge in [-0.05, 0) is 59.7 Å². The summed E-state index contributed by atoms with van der Waals surface area (Å²) in [5.74, 6) is 1.67. The molecule has 202 valence electrons. The van der Waals surface area contributed by atoms with Crippen LogP contribution in [-0.4, -0.2) is 19.6 Å². The van der Waals surface area contributed by atoms with E-state index in [0.717, 1.165) is 52.6 Å². The summed E-state index contributed by atoms with van der Waals surface area (Å²) in [4.78, 5) is 9.97. The molecule has 0 aliphatic rings. The summed E-state index contributed by atoms with van der Waals surface area (Å²) in [6.45, 7) is 8.90. The first-order chi connectivity index (χ1) is 18.4. The monoisotopic (exact) mass is 695 g/mol. The number of hydrogen-bond acceptors (Lipinski definition) is 3. The third-order valence-corrected chi connectivity index (χ3v) is 6.91. The van der Waals surface area contributed by atoms with Gasteiger partial charge in [0.1, 0.15) is 11.6 Å². The van der Waals surface area contributed by atoms with Crippen molar-refractivity contribution in [2.75, 3.05) is 0 Å². The van der Waals surface area contributed by atoms with Crippen LogP contribution in [0.25, 0.3) is 28.3 Å². The molecule has 2 aromatic heterocycles. The SMILES string of the molecule is CC(C)c1cccc(C(C)C)c1-n1cc(CCc2cccc(-c3[c-]cccc3)n2)nc1-c1ccccc1O.[Pt]. The van der Waals surface area contributed by atoms with Gasteiger partial charge in [-0.1, -0.05) is 70.2 Å². The molecule has 5 aromatic rings. The Morgan fingerprint density at radius 1 is 0.744 bits per heavy atom. The van der Waals surface area contributed by atoms with E-state index in [0.29, 0.717) is 11.8 Å². The van der Waals surface area contributed by atoms with Gasteiger partial charge in [0.25, 0.3) is 0 Å². The standard InChI is InChI=1S/C34H34N3O.Pt/c1-23(2)28-16-11-17-29(24(3)4)33(28)37-22-27(36-34(37)30-15-8-9-19-32(30)38)21-20-26-14-10-18-31(35-26)25-12-6-5-7-13-25;/h5-12,14-19,22-24,38H,20-21H2,1-4H3;/q-1;. The van der Waals surface area contributed by atoms with Crippen molar-refractivity contribution in [2.24, 2.45) is 0 Å². The number of aromatic nitrogens is 3. The number of phenolic OH excluding ortho intramolecular Hbond substituents is 1. The molecule has 0 aliphatic heterocycles. The fraction of sp³-hybridized carbons (Fsp3) is 0.235. The number of aromatic hydroxyl groups is 1. The number of pyridine rings is 1. The van der Waals surface area contributed by atoms with E-state index in [2.05, 4.69) is 74.9 Å². The molecule has 0 fully saturated rings. The number of phenols is 1. The summed E-state index contributed by atoms with van der Waals surface area (Å²) in [7, 11) is 0. The van der Waals surface area contributed by atoms with Gasteiger partial charge >= 0.3 is 0 Å². The fourth-order valence-electron chi connectivity index (χ4n) is 4.94. The van der Waals surface area contributed by atoms with Crippen LogP contribution in [0.2, 0.25) is 0 Å². The van der Waals surface area contributed by atoms with Crippen molar-refractivity contribution in [1.82, 2.24) is 14.5 Å². The smallest absolute Gasteiger partial charge is 0.148 e. The Hall–Kier alpha value is -3.49. The Morgan fingerprint density at radius 2 is 1.41 bits per heavy atom. The van der Waals surface area contributed by atoms with Crippen LogP contribution < -0.4 is 0 Å². The third-order valence-electron chi connectivity index (χ3n) is 6.91. The summed E-state index contributed by atoms with van der Waals surface area (Å²) in [5, 5.41) is 10.8. The number of benzene rings is 3. The van der Waals surface area contributed by atoms with E-state index >= 15 is 0 Å². The molecule has 0 saturated heterocycles. The molecular formula is C34H34N3OPt-. The van der Waals surface area contributed by atoms with Crippen molar-refractivity contribution in [1.29, 1.82) is 0 Å². The molecule has 0 atom stereocenters. The average molecular weight is 696 g/mol. The van der Waals surface area contributed by atoms with Crippen molar-refractivity contribution in [3.63, 3.8) is 0 Å². The molecule has 1 N–H and O–H groups in total. The number of aryl methyl sites for hydroxylation is 2. The van der Waals surface area contributed by atoms with Crippen LogP contribution in [0, 0.1) is 6.07 Å². The van der Waals surface area contributed by atoms with Crippen LogP contribution in [0.4, 0.5) is 0 Å². The number of imidazole rings is 1. The molecule has 0 unspecified atom stereocenters. The Balaban J connectivity index is 0.00000353. The minimum atomic E-state index is 0. The van der Waals surface area contributed by atoms with E-state index in [-0.39, 0.29) is 26.8 Å². The largest absolute Gasteiger partial charge is 0.507 e. The normalized spacial score (nSPS) is 11.1. The average Bonchev–Trinajstić information content (AvgIpc) is 3.36. The Kier molecular flexibility index (Phi) is 9.19. The first-order valence-corrected chi connectivity index (χ1v) is 13.3. The van der Waals surface area contributed by atoms with E-state index in [1.807, 2.05) is 48.5 Å². The maximum Gasteiger partial charge on any atom is 0.148 e. The van der Waals surface area contributed by atoms with Crippen LogP contribution in [0.15, 0.2) is 91.1 Å². The van der Waals surface area contributed by atoms with E-state index in [9.17, 15) is 5.11 Å². The van der Waals surface area contributed by atoms with Crippen molar-refractivity contribution in [2.45, 2.75) is 52.4 Å². The summed E-state index contributed by atoms with van der Waals surface area (Å²) in [5.41, 5.74) is 8.33. The van der Waals surface area contributed by atoms with Gasteiger partial charge in [0.2, 0.25) is 0 Å². The second-order valence-electron chi connectivity index (χ2n) is 10.3. The van der Waals surface area contributed by atoms with Gasteiger partial charge in [0, 0.05) is 33.0 Å². The Bertz CT molecular complexity index is 1510. The van der Waals surface area contributed by atoms with Gasteiger partial charge in [0.05, 0.1) is 16.9 Å². The number of rotatable bonds is 8.